The SMILES string of the molecule is CCC(CC)(CO)NCc1csc(C)n1. The first-order valence-electron chi connectivity index (χ1n) is 5.42. The van der Waals surface area contributed by atoms with Crippen molar-refractivity contribution in [3.8, 4) is 0 Å². The molecule has 2 N–H and O–H groups in total. The van der Waals surface area contributed by atoms with Crippen LogP contribution in [0.5, 0.6) is 0 Å². The maximum atomic E-state index is 9.38. The lowest BCUT2D eigenvalue weighted by Gasteiger charge is -2.30. The molecule has 0 aromatic carbocycles. The van der Waals surface area contributed by atoms with Gasteiger partial charge in [-0.1, -0.05) is 13.8 Å². The maximum Gasteiger partial charge on any atom is 0.0897 e. The van der Waals surface area contributed by atoms with E-state index in [-0.39, 0.29) is 12.1 Å². The highest BCUT2D eigenvalue weighted by molar-refractivity contribution is 7.09. The second kappa shape index (κ2) is 5.58. The lowest BCUT2D eigenvalue weighted by molar-refractivity contribution is 0.149. The zero-order valence-electron chi connectivity index (χ0n) is 9.71. The standard InChI is InChI=1S/C11H20N2OS/c1-4-11(5-2,8-14)12-6-10-7-15-9(3)13-10/h7,12,14H,4-6,8H2,1-3H3. The molecule has 86 valence electrons. The van der Waals surface area contributed by atoms with Gasteiger partial charge < -0.3 is 10.4 Å². The van der Waals surface area contributed by atoms with Gasteiger partial charge in [0.25, 0.3) is 0 Å². The smallest absolute Gasteiger partial charge is 0.0897 e. The fraction of sp³-hybridized carbons (Fsp3) is 0.727. The molecular weight excluding hydrogens is 208 g/mol. The Morgan fingerprint density at radius 3 is 2.53 bits per heavy atom. The van der Waals surface area contributed by atoms with Gasteiger partial charge in [0, 0.05) is 17.5 Å². The Kier molecular flexibility index (Phi) is 4.70. The molecule has 0 aliphatic heterocycles. The van der Waals surface area contributed by atoms with Gasteiger partial charge in [-0.25, -0.2) is 4.98 Å². The Morgan fingerprint density at radius 2 is 2.13 bits per heavy atom. The summed E-state index contributed by atoms with van der Waals surface area (Å²) < 4.78 is 0. The van der Waals surface area contributed by atoms with Crippen LogP contribution in [0.25, 0.3) is 0 Å². The second-order valence-corrected chi connectivity index (χ2v) is 4.92. The molecule has 1 rings (SSSR count). The highest BCUT2D eigenvalue weighted by atomic mass is 32.1. The van der Waals surface area contributed by atoms with Crippen LogP contribution < -0.4 is 5.32 Å². The minimum Gasteiger partial charge on any atom is -0.394 e. The number of aromatic nitrogens is 1. The fourth-order valence-electron chi connectivity index (χ4n) is 1.55. The van der Waals surface area contributed by atoms with Gasteiger partial charge in [-0.05, 0) is 19.8 Å². The number of aliphatic hydroxyl groups is 1. The zero-order chi connectivity index (χ0) is 11.3. The largest absolute Gasteiger partial charge is 0.394 e. The van der Waals surface area contributed by atoms with Gasteiger partial charge in [0.15, 0.2) is 0 Å². The van der Waals surface area contributed by atoms with Gasteiger partial charge >= 0.3 is 0 Å². The summed E-state index contributed by atoms with van der Waals surface area (Å²) in [4.78, 5) is 4.39. The van der Waals surface area contributed by atoms with Crippen LogP contribution in [0.4, 0.5) is 0 Å². The number of aliphatic hydroxyl groups excluding tert-OH is 1. The van der Waals surface area contributed by atoms with Gasteiger partial charge in [-0.15, -0.1) is 11.3 Å². The van der Waals surface area contributed by atoms with Crippen LogP contribution >= 0.6 is 11.3 Å². The molecule has 0 spiro atoms. The number of thiazole rings is 1. The van der Waals surface area contributed by atoms with E-state index in [1.807, 2.05) is 6.92 Å². The molecule has 0 aliphatic carbocycles. The van der Waals surface area contributed by atoms with Crippen LogP contribution in [0, 0.1) is 6.92 Å². The summed E-state index contributed by atoms with van der Waals surface area (Å²) in [5.74, 6) is 0. The average Bonchev–Trinajstić information content (AvgIpc) is 2.67. The van der Waals surface area contributed by atoms with Crippen molar-refractivity contribution in [2.45, 2.75) is 45.7 Å². The number of hydrogen-bond acceptors (Lipinski definition) is 4. The Morgan fingerprint density at radius 1 is 1.47 bits per heavy atom. The van der Waals surface area contributed by atoms with Gasteiger partial charge in [-0.2, -0.15) is 0 Å². The van der Waals surface area contributed by atoms with Crippen molar-refractivity contribution >= 4 is 11.3 Å². The molecule has 0 saturated carbocycles. The molecule has 0 aliphatic rings. The first kappa shape index (κ1) is 12.6. The lowest BCUT2D eigenvalue weighted by Crippen LogP contribution is -2.47. The molecule has 4 heteroatoms. The van der Waals surface area contributed by atoms with E-state index in [2.05, 4.69) is 29.5 Å². The average molecular weight is 228 g/mol. The molecule has 0 unspecified atom stereocenters. The van der Waals surface area contributed by atoms with Crippen molar-refractivity contribution in [1.82, 2.24) is 10.3 Å². The molecule has 0 radical (unpaired) electrons. The summed E-state index contributed by atoms with van der Waals surface area (Å²) in [7, 11) is 0. The zero-order valence-corrected chi connectivity index (χ0v) is 10.5. The minimum absolute atomic E-state index is 0.141. The monoisotopic (exact) mass is 228 g/mol. The van der Waals surface area contributed by atoms with Gasteiger partial charge in [0.1, 0.15) is 0 Å². The fourth-order valence-corrected chi connectivity index (χ4v) is 2.16. The molecule has 0 amide bonds. The Labute approximate surface area is 95.6 Å². The summed E-state index contributed by atoms with van der Waals surface area (Å²) in [5, 5.41) is 15.9. The quantitative estimate of drug-likeness (QED) is 0.783. The predicted molar refractivity (Wildman–Crippen MR) is 64.1 cm³/mol. The van der Waals surface area contributed by atoms with Crippen molar-refractivity contribution in [3.05, 3.63) is 16.1 Å². The Bertz CT molecular complexity index is 286. The van der Waals surface area contributed by atoms with Gasteiger partial charge in [-0.3, -0.25) is 0 Å². The Balaban J connectivity index is 2.54. The number of hydrogen-bond donors (Lipinski definition) is 2. The van der Waals surface area contributed by atoms with E-state index in [1.54, 1.807) is 11.3 Å². The maximum absolute atomic E-state index is 9.38. The van der Waals surface area contributed by atoms with E-state index in [9.17, 15) is 5.11 Å². The first-order valence-corrected chi connectivity index (χ1v) is 6.30. The van der Waals surface area contributed by atoms with Crippen LogP contribution in [-0.2, 0) is 6.54 Å². The minimum atomic E-state index is -0.141. The van der Waals surface area contributed by atoms with Crippen molar-refractivity contribution in [2.75, 3.05) is 6.61 Å². The Hall–Kier alpha value is -0.450. The van der Waals surface area contributed by atoms with E-state index in [0.717, 1.165) is 30.1 Å². The summed E-state index contributed by atoms with van der Waals surface area (Å²) in [6.45, 7) is 7.13. The van der Waals surface area contributed by atoms with Crippen molar-refractivity contribution in [3.63, 3.8) is 0 Å². The van der Waals surface area contributed by atoms with Crippen molar-refractivity contribution < 1.29 is 5.11 Å². The molecule has 0 atom stereocenters. The van der Waals surface area contributed by atoms with Crippen molar-refractivity contribution in [1.29, 1.82) is 0 Å². The second-order valence-electron chi connectivity index (χ2n) is 3.86. The highest BCUT2D eigenvalue weighted by Crippen LogP contribution is 2.16. The molecule has 1 aromatic rings. The van der Waals surface area contributed by atoms with E-state index in [4.69, 9.17) is 0 Å². The number of nitrogens with one attached hydrogen (secondary N) is 1. The third-order valence-corrected chi connectivity index (χ3v) is 3.79. The van der Waals surface area contributed by atoms with E-state index in [1.165, 1.54) is 0 Å². The molecule has 1 aromatic heterocycles. The topological polar surface area (TPSA) is 45.1 Å². The first-order chi connectivity index (χ1) is 7.15. The third-order valence-electron chi connectivity index (χ3n) is 2.97. The summed E-state index contributed by atoms with van der Waals surface area (Å²) in [6, 6.07) is 0. The number of nitrogens with zero attached hydrogens (tertiary/aromatic N) is 1. The highest BCUT2D eigenvalue weighted by Gasteiger charge is 2.24. The van der Waals surface area contributed by atoms with Crippen LogP contribution in [-0.4, -0.2) is 22.2 Å². The molecule has 0 saturated heterocycles. The normalized spacial score (nSPS) is 12.0. The van der Waals surface area contributed by atoms with E-state index >= 15 is 0 Å². The predicted octanol–water partition coefficient (Wildman–Crippen LogP) is 2.09. The molecular formula is C11H20N2OS. The summed E-state index contributed by atoms with van der Waals surface area (Å²) >= 11 is 1.66. The molecule has 0 bridgehead atoms. The van der Waals surface area contributed by atoms with E-state index in [0.29, 0.717) is 0 Å². The van der Waals surface area contributed by atoms with Crippen LogP contribution in [0.15, 0.2) is 5.38 Å². The molecule has 15 heavy (non-hydrogen) atoms. The van der Waals surface area contributed by atoms with Crippen LogP contribution in [0.2, 0.25) is 0 Å². The number of rotatable bonds is 6. The molecule has 0 fully saturated rings. The summed E-state index contributed by atoms with van der Waals surface area (Å²) in [5.41, 5.74) is 0.926. The third kappa shape index (κ3) is 3.26. The van der Waals surface area contributed by atoms with Gasteiger partial charge in [0.05, 0.1) is 17.3 Å². The van der Waals surface area contributed by atoms with Crippen LogP contribution in [0.1, 0.15) is 37.4 Å². The van der Waals surface area contributed by atoms with E-state index < -0.39 is 0 Å². The van der Waals surface area contributed by atoms with Crippen molar-refractivity contribution in [2.24, 2.45) is 0 Å². The number of aryl methyl sites for hydroxylation is 1. The summed E-state index contributed by atoms with van der Waals surface area (Å²) in [6.07, 6.45) is 1.87. The van der Waals surface area contributed by atoms with Gasteiger partial charge in [0.2, 0.25) is 0 Å². The molecule has 3 nitrogen and oxygen atoms in total. The lowest BCUT2D eigenvalue weighted by atomic mass is 9.94. The van der Waals surface area contributed by atoms with Crippen LogP contribution in [0.3, 0.4) is 0 Å². The molecule has 1 heterocycles.